The maximum atomic E-state index is 14.5. The normalized spacial score (nSPS) is 11.4. The first-order valence-corrected chi connectivity index (χ1v) is 8.69. The van der Waals surface area contributed by atoms with Crippen LogP contribution in [0.15, 0.2) is 28.8 Å². The summed E-state index contributed by atoms with van der Waals surface area (Å²) in [6.07, 6.45) is 2.79. The summed E-state index contributed by atoms with van der Waals surface area (Å²) in [6.45, 7) is 2.03. The van der Waals surface area contributed by atoms with E-state index in [1.807, 2.05) is 0 Å². The molecule has 0 bridgehead atoms. The molecule has 0 saturated carbocycles. The number of fused-ring (bicyclic) bond motifs is 1. The lowest BCUT2D eigenvalue weighted by molar-refractivity contribution is -0.142. The van der Waals surface area contributed by atoms with Crippen molar-refractivity contribution in [1.29, 1.82) is 0 Å². The standard InChI is InChI=1S/C17H16F2N4O2S/c1-3-25-15(24)6-10-9-26-17(21-10)22-20-8-12-13(18)7-14-11(16(12)19)4-5-23(14)2/h4-5,7-9H,3,6H2,1-2H3,(H,21,22). The molecule has 3 aromatic rings. The lowest BCUT2D eigenvalue weighted by Crippen LogP contribution is -2.07. The quantitative estimate of drug-likeness (QED) is 0.405. The Bertz CT molecular complexity index is 981. The van der Waals surface area contributed by atoms with Gasteiger partial charge in [0.2, 0.25) is 5.13 Å². The molecule has 26 heavy (non-hydrogen) atoms. The Hall–Kier alpha value is -2.81. The zero-order valence-electron chi connectivity index (χ0n) is 14.1. The van der Waals surface area contributed by atoms with Crippen LogP contribution in [-0.2, 0) is 23.0 Å². The van der Waals surface area contributed by atoms with E-state index in [4.69, 9.17) is 4.74 Å². The van der Waals surface area contributed by atoms with Gasteiger partial charge in [0.25, 0.3) is 0 Å². The van der Waals surface area contributed by atoms with Gasteiger partial charge in [0, 0.05) is 24.0 Å². The first-order valence-electron chi connectivity index (χ1n) is 7.81. The fourth-order valence-electron chi connectivity index (χ4n) is 2.42. The van der Waals surface area contributed by atoms with Gasteiger partial charge in [-0.15, -0.1) is 11.3 Å². The van der Waals surface area contributed by atoms with Gasteiger partial charge in [0.05, 0.1) is 36.0 Å². The first kappa shape index (κ1) is 18.0. The molecule has 0 saturated heterocycles. The monoisotopic (exact) mass is 378 g/mol. The van der Waals surface area contributed by atoms with E-state index in [1.165, 1.54) is 17.4 Å². The molecule has 136 valence electrons. The molecule has 2 aromatic heterocycles. The second kappa shape index (κ2) is 7.61. The van der Waals surface area contributed by atoms with Crippen LogP contribution in [0.5, 0.6) is 0 Å². The third kappa shape index (κ3) is 3.72. The van der Waals surface area contributed by atoms with Gasteiger partial charge in [0.15, 0.2) is 0 Å². The third-order valence-corrected chi connectivity index (χ3v) is 4.45. The molecule has 0 unspecified atom stereocenters. The molecule has 9 heteroatoms. The average Bonchev–Trinajstić information content (AvgIpc) is 3.18. The van der Waals surface area contributed by atoms with Gasteiger partial charge in [-0.1, -0.05) is 0 Å². The number of aryl methyl sites for hydroxylation is 1. The van der Waals surface area contributed by atoms with E-state index in [0.717, 1.165) is 6.21 Å². The minimum atomic E-state index is -0.704. The van der Waals surface area contributed by atoms with Gasteiger partial charge < -0.3 is 9.30 Å². The lowest BCUT2D eigenvalue weighted by Gasteiger charge is -2.03. The summed E-state index contributed by atoms with van der Waals surface area (Å²) in [5, 5.41) is 6.26. The summed E-state index contributed by atoms with van der Waals surface area (Å²) >= 11 is 1.22. The van der Waals surface area contributed by atoms with Gasteiger partial charge in [-0.25, -0.2) is 13.8 Å². The van der Waals surface area contributed by atoms with Crippen LogP contribution in [-0.4, -0.2) is 28.3 Å². The number of thiazole rings is 1. The maximum absolute atomic E-state index is 14.5. The molecule has 0 radical (unpaired) electrons. The molecule has 0 aliphatic carbocycles. The number of rotatable bonds is 6. The minimum absolute atomic E-state index is 0.0592. The zero-order chi connectivity index (χ0) is 18.7. The molecule has 3 rings (SSSR count). The topological polar surface area (TPSA) is 68.5 Å². The predicted octanol–water partition coefficient (Wildman–Crippen LogP) is 3.46. The van der Waals surface area contributed by atoms with Crippen LogP contribution in [0.2, 0.25) is 0 Å². The van der Waals surface area contributed by atoms with Crippen molar-refractivity contribution in [3.8, 4) is 0 Å². The van der Waals surface area contributed by atoms with Crippen molar-refractivity contribution in [2.75, 3.05) is 12.0 Å². The number of halogens is 2. The van der Waals surface area contributed by atoms with Crippen molar-refractivity contribution in [3.63, 3.8) is 0 Å². The van der Waals surface area contributed by atoms with Crippen molar-refractivity contribution in [3.05, 3.63) is 46.6 Å². The second-order valence-electron chi connectivity index (χ2n) is 5.44. The zero-order valence-corrected chi connectivity index (χ0v) is 14.9. The number of hydrazone groups is 1. The summed E-state index contributed by atoms with van der Waals surface area (Å²) in [5.74, 6) is -1.74. The number of benzene rings is 1. The summed E-state index contributed by atoms with van der Waals surface area (Å²) in [4.78, 5) is 15.6. The summed E-state index contributed by atoms with van der Waals surface area (Å²) < 4.78 is 35.1. The number of aromatic nitrogens is 2. The number of esters is 1. The second-order valence-corrected chi connectivity index (χ2v) is 6.30. The number of hydrogen-bond acceptors (Lipinski definition) is 6. The number of hydrogen-bond donors (Lipinski definition) is 1. The fourth-order valence-corrected chi connectivity index (χ4v) is 3.08. The van der Waals surface area contributed by atoms with Crippen molar-refractivity contribution < 1.29 is 18.3 Å². The molecule has 0 atom stereocenters. The number of nitrogens with one attached hydrogen (secondary N) is 1. The Kier molecular flexibility index (Phi) is 5.27. The smallest absolute Gasteiger partial charge is 0.311 e. The Morgan fingerprint density at radius 1 is 1.50 bits per heavy atom. The van der Waals surface area contributed by atoms with Gasteiger partial charge in [-0.2, -0.15) is 5.10 Å². The van der Waals surface area contributed by atoms with Crippen LogP contribution in [0.1, 0.15) is 18.2 Å². The van der Waals surface area contributed by atoms with E-state index < -0.39 is 11.6 Å². The highest BCUT2D eigenvalue weighted by Gasteiger charge is 2.14. The lowest BCUT2D eigenvalue weighted by atomic mass is 10.1. The van der Waals surface area contributed by atoms with Crippen molar-refractivity contribution in [2.24, 2.45) is 12.1 Å². The van der Waals surface area contributed by atoms with Crippen LogP contribution < -0.4 is 5.43 Å². The highest BCUT2D eigenvalue weighted by molar-refractivity contribution is 7.13. The van der Waals surface area contributed by atoms with E-state index in [0.29, 0.717) is 28.3 Å². The van der Waals surface area contributed by atoms with E-state index in [1.54, 1.807) is 36.2 Å². The van der Waals surface area contributed by atoms with Crippen LogP contribution in [0.3, 0.4) is 0 Å². The van der Waals surface area contributed by atoms with Crippen molar-refractivity contribution >= 4 is 39.6 Å². The minimum Gasteiger partial charge on any atom is -0.466 e. The van der Waals surface area contributed by atoms with E-state index in [-0.39, 0.29) is 18.0 Å². The Balaban J connectivity index is 1.72. The molecule has 1 aromatic carbocycles. The number of ether oxygens (including phenoxy) is 1. The Labute approximate surface area is 152 Å². The summed E-state index contributed by atoms with van der Waals surface area (Å²) in [5.41, 5.74) is 3.38. The van der Waals surface area contributed by atoms with Gasteiger partial charge >= 0.3 is 5.97 Å². The van der Waals surface area contributed by atoms with Gasteiger partial charge in [0.1, 0.15) is 11.6 Å². The molecule has 6 nitrogen and oxygen atoms in total. The number of nitrogens with zero attached hydrogens (tertiary/aromatic N) is 3. The molecule has 1 N–H and O–H groups in total. The maximum Gasteiger partial charge on any atom is 0.311 e. The van der Waals surface area contributed by atoms with Gasteiger partial charge in [-0.3, -0.25) is 10.2 Å². The molecular weight excluding hydrogens is 362 g/mol. The number of carbonyl (C=O) groups is 1. The highest BCUT2D eigenvalue weighted by atomic mass is 32.1. The molecule has 0 aliphatic rings. The molecule has 0 amide bonds. The van der Waals surface area contributed by atoms with Crippen molar-refractivity contribution in [2.45, 2.75) is 13.3 Å². The fraction of sp³-hybridized carbons (Fsp3) is 0.235. The highest BCUT2D eigenvalue weighted by Crippen LogP contribution is 2.24. The largest absolute Gasteiger partial charge is 0.466 e. The third-order valence-electron chi connectivity index (χ3n) is 3.65. The number of anilines is 1. The van der Waals surface area contributed by atoms with E-state index in [2.05, 4.69) is 15.5 Å². The average molecular weight is 378 g/mol. The molecular formula is C17H16F2N4O2S. The van der Waals surface area contributed by atoms with Gasteiger partial charge in [-0.05, 0) is 19.1 Å². The molecule has 0 fully saturated rings. The van der Waals surface area contributed by atoms with Crippen LogP contribution in [0, 0.1) is 11.6 Å². The molecule has 0 spiro atoms. The summed E-state index contributed by atoms with van der Waals surface area (Å²) in [7, 11) is 1.72. The van der Waals surface area contributed by atoms with Crippen LogP contribution in [0.4, 0.5) is 13.9 Å². The Morgan fingerprint density at radius 2 is 2.31 bits per heavy atom. The van der Waals surface area contributed by atoms with Crippen LogP contribution >= 0.6 is 11.3 Å². The van der Waals surface area contributed by atoms with Crippen LogP contribution in [0.25, 0.3) is 10.9 Å². The molecule has 2 heterocycles. The molecule has 0 aliphatic heterocycles. The predicted molar refractivity (Wildman–Crippen MR) is 96.5 cm³/mol. The summed E-state index contributed by atoms with van der Waals surface area (Å²) in [6, 6.07) is 2.85. The Morgan fingerprint density at radius 3 is 3.08 bits per heavy atom. The van der Waals surface area contributed by atoms with E-state index in [9.17, 15) is 13.6 Å². The van der Waals surface area contributed by atoms with E-state index >= 15 is 0 Å². The SMILES string of the molecule is CCOC(=O)Cc1csc(NN=Cc2c(F)cc3c(ccn3C)c2F)n1. The number of carbonyl (C=O) groups excluding carboxylic acids is 1. The van der Waals surface area contributed by atoms with Crippen molar-refractivity contribution in [1.82, 2.24) is 9.55 Å². The first-order chi connectivity index (χ1) is 12.5.